The van der Waals surface area contributed by atoms with Crippen molar-refractivity contribution in [1.29, 1.82) is 5.26 Å². The normalized spacial score (nSPS) is 10.3. The molecule has 5 nitrogen and oxygen atoms in total. The minimum atomic E-state index is -0.336. The van der Waals surface area contributed by atoms with E-state index in [2.05, 4.69) is 11.4 Å². The Balaban J connectivity index is 1.70. The largest absolute Gasteiger partial charge is 0.350 e. The van der Waals surface area contributed by atoms with E-state index in [1.165, 1.54) is 28.8 Å². The lowest BCUT2D eigenvalue weighted by atomic mass is 10.2. The molecule has 0 spiro atoms. The Kier molecular flexibility index (Phi) is 8.01. The monoisotopic (exact) mass is 447 g/mol. The number of nitrogens with one attached hydrogen (secondary N) is 1. The fraction of sp³-hybridized carbons (Fsp3) is 0.160. The predicted octanol–water partition coefficient (Wildman–Crippen LogP) is 4.63. The van der Waals surface area contributed by atoms with Gasteiger partial charge in [0.15, 0.2) is 0 Å². The van der Waals surface area contributed by atoms with Crippen LogP contribution >= 0.6 is 11.8 Å². The van der Waals surface area contributed by atoms with E-state index in [9.17, 15) is 19.2 Å². The third-order valence-corrected chi connectivity index (χ3v) is 5.90. The third-order valence-electron chi connectivity index (χ3n) is 4.75. The van der Waals surface area contributed by atoms with Crippen molar-refractivity contribution in [2.75, 3.05) is 13.1 Å². The van der Waals surface area contributed by atoms with Gasteiger partial charge in [0.2, 0.25) is 5.91 Å². The van der Waals surface area contributed by atoms with Crippen LogP contribution < -0.4 is 5.32 Å². The maximum atomic E-state index is 13.2. The molecule has 0 aromatic heterocycles. The summed E-state index contributed by atoms with van der Waals surface area (Å²) < 4.78 is 13.0. The Morgan fingerprint density at radius 1 is 1.00 bits per heavy atom. The highest BCUT2D eigenvalue weighted by Crippen LogP contribution is 2.33. The van der Waals surface area contributed by atoms with Gasteiger partial charge in [-0.05, 0) is 48.9 Å². The van der Waals surface area contributed by atoms with Crippen molar-refractivity contribution < 1.29 is 14.0 Å². The lowest BCUT2D eigenvalue weighted by Gasteiger charge is -2.22. The lowest BCUT2D eigenvalue weighted by Crippen LogP contribution is -2.40. The van der Waals surface area contributed by atoms with Crippen molar-refractivity contribution in [3.63, 3.8) is 0 Å². The lowest BCUT2D eigenvalue weighted by molar-refractivity contribution is -0.121. The SMILES string of the molecule is CCN(CC(=O)NCc1ccc(F)cc1)C(=O)c1ccccc1Sc1ccccc1C#N. The van der Waals surface area contributed by atoms with Gasteiger partial charge in [0.25, 0.3) is 5.91 Å². The second-order valence-corrected chi connectivity index (χ2v) is 8.01. The molecule has 0 aliphatic heterocycles. The summed E-state index contributed by atoms with van der Waals surface area (Å²) >= 11 is 1.35. The molecule has 0 heterocycles. The summed E-state index contributed by atoms with van der Waals surface area (Å²) in [6.45, 7) is 2.33. The summed E-state index contributed by atoms with van der Waals surface area (Å²) in [5, 5.41) is 12.1. The Morgan fingerprint density at radius 2 is 1.66 bits per heavy atom. The summed E-state index contributed by atoms with van der Waals surface area (Å²) in [6.07, 6.45) is 0. The van der Waals surface area contributed by atoms with Crippen molar-refractivity contribution in [1.82, 2.24) is 10.2 Å². The molecule has 32 heavy (non-hydrogen) atoms. The molecule has 0 radical (unpaired) electrons. The molecule has 0 aliphatic rings. The van der Waals surface area contributed by atoms with Crippen molar-refractivity contribution in [3.8, 4) is 6.07 Å². The predicted molar refractivity (Wildman–Crippen MR) is 122 cm³/mol. The third kappa shape index (κ3) is 5.96. The minimum Gasteiger partial charge on any atom is -0.350 e. The van der Waals surface area contributed by atoms with Crippen molar-refractivity contribution in [2.24, 2.45) is 0 Å². The number of likely N-dealkylation sites (N-methyl/N-ethyl adjacent to an activating group) is 1. The number of nitriles is 1. The van der Waals surface area contributed by atoms with E-state index in [0.717, 1.165) is 10.5 Å². The highest BCUT2D eigenvalue weighted by atomic mass is 32.2. The van der Waals surface area contributed by atoms with E-state index in [-0.39, 0.29) is 30.7 Å². The van der Waals surface area contributed by atoms with Gasteiger partial charge in [-0.25, -0.2) is 4.39 Å². The number of carbonyl (C=O) groups excluding carboxylic acids is 2. The molecule has 162 valence electrons. The number of hydrogen-bond donors (Lipinski definition) is 1. The summed E-state index contributed by atoms with van der Waals surface area (Å²) in [5.41, 5.74) is 1.78. The van der Waals surface area contributed by atoms with Gasteiger partial charge in [-0.15, -0.1) is 0 Å². The van der Waals surface area contributed by atoms with Gasteiger partial charge in [0.1, 0.15) is 11.9 Å². The molecule has 0 saturated heterocycles. The van der Waals surface area contributed by atoms with Gasteiger partial charge < -0.3 is 10.2 Å². The molecule has 0 saturated carbocycles. The molecule has 0 fully saturated rings. The number of amides is 2. The van der Waals surface area contributed by atoms with Crippen molar-refractivity contribution in [3.05, 3.63) is 95.3 Å². The molecule has 3 aromatic rings. The van der Waals surface area contributed by atoms with Crippen molar-refractivity contribution >= 4 is 23.6 Å². The maximum absolute atomic E-state index is 13.2. The molecule has 0 aliphatic carbocycles. The second kappa shape index (κ2) is 11.1. The summed E-state index contributed by atoms with van der Waals surface area (Å²) in [6, 6.07) is 22.4. The van der Waals surface area contributed by atoms with E-state index < -0.39 is 0 Å². The topological polar surface area (TPSA) is 73.2 Å². The van der Waals surface area contributed by atoms with Crippen LogP contribution in [-0.4, -0.2) is 29.8 Å². The average molecular weight is 448 g/mol. The van der Waals surface area contributed by atoms with E-state index >= 15 is 0 Å². The van der Waals surface area contributed by atoms with Gasteiger partial charge in [-0.2, -0.15) is 5.26 Å². The molecule has 0 atom stereocenters. The molecule has 7 heteroatoms. The van der Waals surface area contributed by atoms with Crippen LogP contribution in [-0.2, 0) is 11.3 Å². The zero-order chi connectivity index (χ0) is 22.9. The van der Waals surface area contributed by atoms with E-state index in [0.29, 0.717) is 22.6 Å². The van der Waals surface area contributed by atoms with Crippen LogP contribution in [0.15, 0.2) is 82.6 Å². The highest BCUT2D eigenvalue weighted by molar-refractivity contribution is 7.99. The quantitative estimate of drug-likeness (QED) is 0.547. The summed E-state index contributed by atoms with van der Waals surface area (Å²) in [7, 11) is 0. The fourth-order valence-electron chi connectivity index (χ4n) is 3.03. The Bertz CT molecular complexity index is 1140. The number of benzene rings is 3. The van der Waals surface area contributed by atoms with Gasteiger partial charge >= 0.3 is 0 Å². The van der Waals surface area contributed by atoms with E-state index in [1.54, 1.807) is 36.4 Å². The molecule has 1 N–H and O–H groups in total. The van der Waals surface area contributed by atoms with Crippen LogP contribution in [0.1, 0.15) is 28.4 Å². The van der Waals surface area contributed by atoms with Gasteiger partial charge in [-0.1, -0.05) is 48.2 Å². The summed E-state index contributed by atoms with van der Waals surface area (Å²) in [5.74, 6) is -0.900. The highest BCUT2D eigenvalue weighted by Gasteiger charge is 2.20. The number of halogens is 1. The Labute approximate surface area is 190 Å². The van der Waals surface area contributed by atoms with E-state index in [1.807, 2.05) is 31.2 Å². The zero-order valence-electron chi connectivity index (χ0n) is 17.5. The van der Waals surface area contributed by atoms with Crippen LogP contribution in [0.25, 0.3) is 0 Å². The smallest absolute Gasteiger partial charge is 0.255 e. The first-order valence-electron chi connectivity index (χ1n) is 10.1. The molecular formula is C25H22FN3O2S. The van der Waals surface area contributed by atoms with Crippen LogP contribution in [0.5, 0.6) is 0 Å². The number of rotatable bonds is 8. The number of hydrogen-bond acceptors (Lipinski definition) is 4. The Hall–Kier alpha value is -3.63. The van der Waals surface area contributed by atoms with Crippen LogP contribution in [0.4, 0.5) is 4.39 Å². The second-order valence-electron chi connectivity index (χ2n) is 6.93. The minimum absolute atomic E-state index is 0.0929. The number of nitrogens with zero attached hydrogens (tertiary/aromatic N) is 2. The average Bonchev–Trinajstić information content (AvgIpc) is 2.82. The standard InChI is InChI=1S/C25H22FN3O2S/c1-2-29(17-24(30)28-16-18-11-13-20(26)14-12-18)25(31)21-8-4-6-10-23(21)32-22-9-5-3-7-19(22)15-27/h3-14H,2,16-17H2,1H3,(H,28,30). The first kappa shape index (κ1) is 23.0. The molecule has 0 bridgehead atoms. The van der Waals surface area contributed by atoms with Crippen LogP contribution in [0.3, 0.4) is 0 Å². The molecule has 3 aromatic carbocycles. The van der Waals surface area contributed by atoms with Gasteiger partial charge in [0, 0.05) is 22.9 Å². The van der Waals surface area contributed by atoms with Crippen LogP contribution in [0, 0.1) is 17.1 Å². The molecule has 3 rings (SSSR count). The first-order chi connectivity index (χ1) is 15.5. The Morgan fingerprint density at radius 3 is 2.34 bits per heavy atom. The zero-order valence-corrected chi connectivity index (χ0v) is 18.4. The fourth-order valence-corrected chi connectivity index (χ4v) is 4.05. The molecular weight excluding hydrogens is 425 g/mol. The molecule has 2 amide bonds. The van der Waals surface area contributed by atoms with Crippen LogP contribution in [0.2, 0.25) is 0 Å². The summed E-state index contributed by atoms with van der Waals surface area (Å²) in [4.78, 5) is 28.6. The number of carbonyl (C=O) groups is 2. The van der Waals surface area contributed by atoms with Gasteiger partial charge in [-0.3, -0.25) is 9.59 Å². The van der Waals surface area contributed by atoms with E-state index in [4.69, 9.17) is 0 Å². The maximum Gasteiger partial charge on any atom is 0.255 e. The van der Waals surface area contributed by atoms with Crippen molar-refractivity contribution in [2.45, 2.75) is 23.3 Å². The first-order valence-corrected chi connectivity index (χ1v) is 10.9. The molecule has 0 unspecified atom stereocenters. The van der Waals surface area contributed by atoms with Gasteiger partial charge in [0.05, 0.1) is 17.7 Å².